The minimum atomic E-state index is -0.0803. The first-order valence-corrected chi connectivity index (χ1v) is 6.85. The maximum absolute atomic E-state index is 12.7. The monoisotopic (exact) mass is 275 g/mol. The first-order valence-electron chi connectivity index (χ1n) is 6.85. The molecule has 0 saturated heterocycles. The van der Waals surface area contributed by atoms with Gasteiger partial charge in [0.1, 0.15) is 6.33 Å². The number of aliphatic hydroxyl groups is 1. The van der Waals surface area contributed by atoms with Gasteiger partial charge in [-0.05, 0) is 19.3 Å². The lowest BCUT2D eigenvalue weighted by molar-refractivity contribution is 0.0705. The summed E-state index contributed by atoms with van der Waals surface area (Å²) in [5.41, 5.74) is 1.35. The summed E-state index contributed by atoms with van der Waals surface area (Å²) in [6.45, 7) is 2.31. The second kappa shape index (κ2) is 5.16. The maximum atomic E-state index is 12.7. The molecule has 0 bridgehead atoms. The lowest BCUT2D eigenvalue weighted by Gasteiger charge is -2.22. The van der Waals surface area contributed by atoms with Gasteiger partial charge in [0.05, 0.1) is 17.9 Å². The molecular weight excluding hydrogens is 258 g/mol. The Kier molecular flexibility index (Phi) is 3.35. The van der Waals surface area contributed by atoms with Crippen LogP contribution in [0.5, 0.6) is 0 Å². The molecule has 0 aromatic carbocycles. The van der Waals surface area contributed by atoms with Crippen molar-refractivity contribution in [1.82, 2.24) is 24.5 Å². The van der Waals surface area contributed by atoms with Crippen LogP contribution < -0.4 is 0 Å². The molecule has 1 aliphatic carbocycles. The molecule has 20 heavy (non-hydrogen) atoms. The highest BCUT2D eigenvalue weighted by Crippen LogP contribution is 2.28. The van der Waals surface area contributed by atoms with Crippen molar-refractivity contribution in [3.63, 3.8) is 0 Å². The maximum Gasteiger partial charge on any atom is 0.257 e. The van der Waals surface area contributed by atoms with E-state index in [1.54, 1.807) is 15.6 Å². The van der Waals surface area contributed by atoms with E-state index < -0.39 is 0 Å². The van der Waals surface area contributed by atoms with E-state index in [1.165, 1.54) is 6.33 Å². The number of amides is 1. The standard InChI is InChI=1S/C13H17N5O2/c1-2-11-10(7-14-13-15-8-16-18(11)13)12(20)17(5-6-19)9-3-4-9/h7-9,19H,2-6H2,1H3. The summed E-state index contributed by atoms with van der Waals surface area (Å²) >= 11 is 0. The first kappa shape index (κ1) is 13.0. The number of carbonyl (C=O) groups excluding carboxylic acids is 1. The second-order valence-electron chi connectivity index (χ2n) is 4.90. The van der Waals surface area contributed by atoms with Crippen LogP contribution in [0.15, 0.2) is 12.5 Å². The van der Waals surface area contributed by atoms with Gasteiger partial charge in [-0.2, -0.15) is 10.1 Å². The van der Waals surface area contributed by atoms with Crippen LogP contribution in [0.3, 0.4) is 0 Å². The Morgan fingerprint density at radius 3 is 2.95 bits per heavy atom. The molecule has 0 spiro atoms. The van der Waals surface area contributed by atoms with Gasteiger partial charge in [0.25, 0.3) is 11.7 Å². The van der Waals surface area contributed by atoms with Crippen molar-refractivity contribution in [3.05, 3.63) is 23.8 Å². The number of hydrogen-bond acceptors (Lipinski definition) is 5. The molecule has 2 heterocycles. The van der Waals surface area contributed by atoms with Crippen LogP contribution in [0.25, 0.3) is 5.78 Å². The molecule has 1 saturated carbocycles. The highest BCUT2D eigenvalue weighted by Gasteiger charge is 2.33. The van der Waals surface area contributed by atoms with Gasteiger partial charge in [0.2, 0.25) is 0 Å². The SMILES string of the molecule is CCc1c(C(=O)N(CCO)C2CC2)cnc2ncnn12. The third-order valence-corrected chi connectivity index (χ3v) is 3.56. The second-order valence-corrected chi connectivity index (χ2v) is 4.90. The van der Waals surface area contributed by atoms with Crippen molar-refractivity contribution in [1.29, 1.82) is 0 Å². The van der Waals surface area contributed by atoms with Gasteiger partial charge in [0.15, 0.2) is 0 Å². The fourth-order valence-corrected chi connectivity index (χ4v) is 2.44. The molecule has 2 aromatic rings. The molecule has 1 N–H and O–H groups in total. The van der Waals surface area contributed by atoms with Crippen LogP contribution in [0.2, 0.25) is 0 Å². The zero-order chi connectivity index (χ0) is 14.1. The molecule has 0 atom stereocenters. The number of aryl methyl sites for hydroxylation is 1. The van der Waals surface area contributed by atoms with Gasteiger partial charge in [-0.15, -0.1) is 0 Å². The number of nitrogens with zero attached hydrogens (tertiary/aromatic N) is 5. The molecule has 106 valence electrons. The quantitative estimate of drug-likeness (QED) is 0.847. The fourth-order valence-electron chi connectivity index (χ4n) is 2.44. The van der Waals surface area contributed by atoms with E-state index in [-0.39, 0.29) is 18.6 Å². The highest BCUT2D eigenvalue weighted by atomic mass is 16.3. The minimum Gasteiger partial charge on any atom is -0.395 e. The summed E-state index contributed by atoms with van der Waals surface area (Å²) < 4.78 is 1.61. The van der Waals surface area contributed by atoms with Crippen molar-refractivity contribution in [2.45, 2.75) is 32.2 Å². The molecule has 0 aliphatic heterocycles. The summed E-state index contributed by atoms with van der Waals surface area (Å²) in [5, 5.41) is 13.3. The van der Waals surface area contributed by atoms with Crippen LogP contribution >= 0.6 is 0 Å². The Bertz CT molecular complexity index is 635. The summed E-state index contributed by atoms with van der Waals surface area (Å²) in [4.78, 5) is 22.6. The van der Waals surface area contributed by atoms with Crippen LogP contribution in [-0.2, 0) is 6.42 Å². The first-order chi connectivity index (χ1) is 9.76. The molecule has 1 aliphatic rings. The van der Waals surface area contributed by atoms with Gasteiger partial charge in [-0.3, -0.25) is 4.79 Å². The predicted molar refractivity (Wildman–Crippen MR) is 71.3 cm³/mol. The predicted octanol–water partition coefficient (Wildman–Crippen LogP) is 0.284. The number of aromatic nitrogens is 4. The van der Waals surface area contributed by atoms with E-state index in [0.29, 0.717) is 24.3 Å². The molecule has 0 unspecified atom stereocenters. The number of hydrogen-bond donors (Lipinski definition) is 1. The highest BCUT2D eigenvalue weighted by molar-refractivity contribution is 5.95. The molecule has 0 radical (unpaired) electrons. The van der Waals surface area contributed by atoms with Crippen molar-refractivity contribution >= 4 is 11.7 Å². The minimum absolute atomic E-state index is 0.0251. The van der Waals surface area contributed by atoms with Gasteiger partial charge >= 0.3 is 0 Å². The van der Waals surface area contributed by atoms with Gasteiger partial charge in [-0.1, -0.05) is 6.92 Å². The van der Waals surface area contributed by atoms with Crippen LogP contribution in [0.1, 0.15) is 35.8 Å². The summed E-state index contributed by atoms with van der Waals surface area (Å²) in [6, 6.07) is 0.255. The zero-order valence-corrected chi connectivity index (χ0v) is 11.4. The van der Waals surface area contributed by atoms with Crippen molar-refractivity contribution in [2.24, 2.45) is 0 Å². The molecule has 1 fully saturated rings. The molecule has 3 rings (SSSR count). The lowest BCUT2D eigenvalue weighted by Crippen LogP contribution is -2.36. The van der Waals surface area contributed by atoms with E-state index in [1.807, 2.05) is 6.92 Å². The summed E-state index contributed by atoms with van der Waals surface area (Å²) in [7, 11) is 0. The van der Waals surface area contributed by atoms with E-state index >= 15 is 0 Å². The van der Waals surface area contributed by atoms with E-state index in [0.717, 1.165) is 18.5 Å². The Morgan fingerprint density at radius 2 is 2.30 bits per heavy atom. The largest absolute Gasteiger partial charge is 0.395 e. The number of rotatable bonds is 5. The van der Waals surface area contributed by atoms with Crippen molar-refractivity contribution in [3.8, 4) is 0 Å². The zero-order valence-electron chi connectivity index (χ0n) is 11.4. The average molecular weight is 275 g/mol. The Morgan fingerprint density at radius 1 is 1.50 bits per heavy atom. The van der Waals surface area contributed by atoms with Crippen molar-refractivity contribution in [2.75, 3.05) is 13.2 Å². The van der Waals surface area contributed by atoms with E-state index in [9.17, 15) is 4.79 Å². The third kappa shape index (κ3) is 2.14. The van der Waals surface area contributed by atoms with E-state index in [2.05, 4.69) is 15.1 Å². The Hall–Kier alpha value is -2.02. The van der Waals surface area contributed by atoms with E-state index in [4.69, 9.17) is 5.11 Å². The van der Waals surface area contributed by atoms with Crippen molar-refractivity contribution < 1.29 is 9.90 Å². The smallest absolute Gasteiger partial charge is 0.257 e. The van der Waals surface area contributed by atoms with Gasteiger partial charge in [0, 0.05) is 18.8 Å². The molecule has 7 nitrogen and oxygen atoms in total. The van der Waals surface area contributed by atoms with Crippen LogP contribution in [0.4, 0.5) is 0 Å². The molecule has 1 amide bonds. The van der Waals surface area contributed by atoms with Gasteiger partial charge in [-0.25, -0.2) is 9.50 Å². The molecular formula is C13H17N5O2. The average Bonchev–Trinajstić information content (AvgIpc) is 3.19. The van der Waals surface area contributed by atoms with Crippen LogP contribution in [0, 0.1) is 0 Å². The van der Waals surface area contributed by atoms with Gasteiger partial charge < -0.3 is 10.0 Å². The van der Waals surface area contributed by atoms with Crippen LogP contribution in [-0.4, -0.2) is 54.7 Å². The Balaban J connectivity index is 2.01. The summed E-state index contributed by atoms with van der Waals surface area (Å²) in [6.07, 6.45) is 5.68. The fraction of sp³-hybridized carbons (Fsp3) is 0.538. The number of fused-ring (bicyclic) bond motifs is 1. The number of carbonyl (C=O) groups is 1. The summed E-state index contributed by atoms with van der Waals surface area (Å²) in [5.74, 6) is 0.418. The third-order valence-electron chi connectivity index (χ3n) is 3.56. The normalized spacial score (nSPS) is 14.7. The Labute approximate surface area is 116 Å². The molecule has 7 heteroatoms. The topological polar surface area (TPSA) is 83.6 Å². The lowest BCUT2D eigenvalue weighted by atomic mass is 10.1. The molecule has 2 aromatic heterocycles. The number of aliphatic hydroxyl groups excluding tert-OH is 1.